The zero-order chi connectivity index (χ0) is 15.1. The van der Waals surface area contributed by atoms with Gasteiger partial charge in [-0.15, -0.1) is 24.0 Å². The number of methoxy groups -OCH3 is 1. The number of ether oxygens (including phenoxy) is 1. The molecule has 0 aliphatic heterocycles. The second-order valence-electron chi connectivity index (χ2n) is 5.40. The number of nitrogens with zero attached hydrogens (tertiary/aromatic N) is 1. The van der Waals surface area contributed by atoms with Crippen molar-refractivity contribution in [2.24, 2.45) is 4.99 Å². The molecule has 1 aliphatic carbocycles. The van der Waals surface area contributed by atoms with Gasteiger partial charge in [0.1, 0.15) is 11.5 Å². The van der Waals surface area contributed by atoms with E-state index in [2.05, 4.69) is 15.6 Å². The van der Waals surface area contributed by atoms with Crippen LogP contribution in [-0.4, -0.2) is 31.3 Å². The lowest BCUT2D eigenvalue weighted by molar-refractivity contribution is 0.408. The number of phenolic OH excluding ortho intramolecular Hbond substituents is 1. The Hall–Kier alpha value is -1.18. The maximum absolute atomic E-state index is 9.88. The summed E-state index contributed by atoms with van der Waals surface area (Å²) in [6.07, 6.45) is 6.30. The van der Waals surface area contributed by atoms with Crippen molar-refractivity contribution in [3.05, 3.63) is 23.8 Å². The summed E-state index contributed by atoms with van der Waals surface area (Å²) < 4.78 is 5.18. The average molecular weight is 419 g/mol. The van der Waals surface area contributed by atoms with Gasteiger partial charge in [-0.1, -0.05) is 19.3 Å². The fourth-order valence-electron chi connectivity index (χ4n) is 2.64. The number of hydrogen-bond donors (Lipinski definition) is 3. The molecule has 0 amide bonds. The summed E-state index contributed by atoms with van der Waals surface area (Å²) in [6.45, 7) is 0.509. The molecule has 0 bridgehead atoms. The monoisotopic (exact) mass is 419 g/mol. The highest BCUT2D eigenvalue weighted by molar-refractivity contribution is 14.0. The van der Waals surface area contributed by atoms with Crippen LogP contribution in [0.25, 0.3) is 0 Å². The Morgan fingerprint density at radius 3 is 2.68 bits per heavy atom. The smallest absolute Gasteiger partial charge is 0.191 e. The van der Waals surface area contributed by atoms with Gasteiger partial charge in [0.05, 0.1) is 7.11 Å². The fraction of sp³-hybridized carbons (Fsp3) is 0.562. The molecule has 0 atom stereocenters. The summed E-state index contributed by atoms with van der Waals surface area (Å²) >= 11 is 0. The molecule has 124 valence electrons. The third-order valence-electron chi connectivity index (χ3n) is 3.90. The molecule has 0 heterocycles. The van der Waals surface area contributed by atoms with Crippen LogP contribution in [0.1, 0.15) is 37.7 Å². The number of guanidine groups is 1. The van der Waals surface area contributed by atoms with Gasteiger partial charge in [0.2, 0.25) is 0 Å². The normalized spacial score (nSPS) is 15.8. The summed E-state index contributed by atoms with van der Waals surface area (Å²) in [6, 6.07) is 5.72. The van der Waals surface area contributed by atoms with E-state index in [0.29, 0.717) is 12.6 Å². The third kappa shape index (κ3) is 5.55. The lowest BCUT2D eigenvalue weighted by Gasteiger charge is -2.25. The Kier molecular flexibility index (Phi) is 8.37. The molecule has 2 rings (SSSR count). The van der Waals surface area contributed by atoms with Gasteiger partial charge in [-0.3, -0.25) is 4.99 Å². The number of halogens is 1. The number of aromatic hydroxyl groups is 1. The SMILES string of the molecule is CN=C(NCc1cc(OC)ccc1O)NC1CCCCC1.I. The number of rotatable bonds is 4. The van der Waals surface area contributed by atoms with Gasteiger partial charge in [0.15, 0.2) is 5.96 Å². The Morgan fingerprint density at radius 2 is 2.05 bits per heavy atom. The number of nitrogens with one attached hydrogen (secondary N) is 2. The van der Waals surface area contributed by atoms with E-state index < -0.39 is 0 Å². The first kappa shape index (κ1) is 18.9. The van der Waals surface area contributed by atoms with Crippen LogP contribution < -0.4 is 15.4 Å². The molecule has 0 aromatic heterocycles. The maximum Gasteiger partial charge on any atom is 0.191 e. The number of benzene rings is 1. The minimum atomic E-state index is 0. The van der Waals surface area contributed by atoms with Crippen molar-refractivity contribution in [3.63, 3.8) is 0 Å². The van der Waals surface area contributed by atoms with Crippen LogP contribution in [0.4, 0.5) is 0 Å². The molecule has 3 N–H and O–H groups in total. The van der Waals surface area contributed by atoms with Gasteiger partial charge in [0.25, 0.3) is 0 Å². The van der Waals surface area contributed by atoms with E-state index in [1.165, 1.54) is 32.1 Å². The zero-order valence-corrected chi connectivity index (χ0v) is 15.6. The molecule has 5 nitrogen and oxygen atoms in total. The minimum absolute atomic E-state index is 0. The zero-order valence-electron chi connectivity index (χ0n) is 13.3. The van der Waals surface area contributed by atoms with E-state index in [1.807, 2.05) is 6.07 Å². The molecule has 0 spiro atoms. The molecule has 0 radical (unpaired) electrons. The van der Waals surface area contributed by atoms with E-state index in [4.69, 9.17) is 4.74 Å². The first-order valence-corrected chi connectivity index (χ1v) is 7.56. The van der Waals surface area contributed by atoms with Crippen LogP contribution in [0.5, 0.6) is 11.5 Å². The van der Waals surface area contributed by atoms with Gasteiger partial charge in [-0.25, -0.2) is 0 Å². The minimum Gasteiger partial charge on any atom is -0.508 e. The summed E-state index contributed by atoms with van der Waals surface area (Å²) in [5.41, 5.74) is 0.793. The van der Waals surface area contributed by atoms with Crippen LogP contribution in [-0.2, 0) is 6.54 Å². The molecule has 1 aromatic carbocycles. The average Bonchev–Trinajstić information content (AvgIpc) is 2.53. The number of aliphatic imine (C=N–C) groups is 1. The second-order valence-corrected chi connectivity index (χ2v) is 5.40. The summed E-state index contributed by atoms with van der Waals surface area (Å²) in [5, 5.41) is 16.6. The highest BCUT2D eigenvalue weighted by atomic mass is 127. The first-order valence-electron chi connectivity index (χ1n) is 7.56. The lowest BCUT2D eigenvalue weighted by Crippen LogP contribution is -2.43. The van der Waals surface area contributed by atoms with E-state index >= 15 is 0 Å². The highest BCUT2D eigenvalue weighted by Gasteiger charge is 2.14. The Labute approximate surface area is 149 Å². The second kappa shape index (κ2) is 9.76. The maximum atomic E-state index is 9.88. The van der Waals surface area contributed by atoms with Crippen molar-refractivity contribution in [3.8, 4) is 11.5 Å². The predicted octanol–water partition coefficient (Wildman–Crippen LogP) is 3.02. The van der Waals surface area contributed by atoms with Crippen LogP contribution >= 0.6 is 24.0 Å². The van der Waals surface area contributed by atoms with Crippen LogP contribution in [0.15, 0.2) is 23.2 Å². The van der Waals surface area contributed by atoms with Crippen molar-refractivity contribution >= 4 is 29.9 Å². The third-order valence-corrected chi connectivity index (χ3v) is 3.90. The van der Waals surface area contributed by atoms with Crippen molar-refractivity contribution in [1.29, 1.82) is 0 Å². The van der Waals surface area contributed by atoms with Gasteiger partial charge >= 0.3 is 0 Å². The lowest BCUT2D eigenvalue weighted by atomic mass is 9.96. The van der Waals surface area contributed by atoms with E-state index in [1.54, 1.807) is 26.3 Å². The van der Waals surface area contributed by atoms with Gasteiger partial charge in [-0.2, -0.15) is 0 Å². The number of phenols is 1. The summed E-state index contributed by atoms with van der Waals surface area (Å²) in [4.78, 5) is 4.25. The predicted molar refractivity (Wildman–Crippen MR) is 100 cm³/mol. The van der Waals surface area contributed by atoms with Crippen molar-refractivity contribution in [2.75, 3.05) is 14.2 Å². The molecule has 1 aliphatic rings. The molecular weight excluding hydrogens is 393 g/mol. The van der Waals surface area contributed by atoms with Crippen LogP contribution in [0.2, 0.25) is 0 Å². The molecule has 22 heavy (non-hydrogen) atoms. The summed E-state index contributed by atoms with van der Waals surface area (Å²) in [5.74, 6) is 1.78. The molecule has 1 fully saturated rings. The molecule has 1 saturated carbocycles. The molecular formula is C16H26IN3O2. The van der Waals surface area contributed by atoms with Crippen LogP contribution in [0, 0.1) is 0 Å². The van der Waals surface area contributed by atoms with E-state index in [-0.39, 0.29) is 29.7 Å². The summed E-state index contributed by atoms with van der Waals surface area (Å²) in [7, 11) is 3.39. The molecule has 0 saturated heterocycles. The highest BCUT2D eigenvalue weighted by Crippen LogP contribution is 2.22. The van der Waals surface area contributed by atoms with Gasteiger partial charge in [0, 0.05) is 25.2 Å². The van der Waals surface area contributed by atoms with E-state index in [9.17, 15) is 5.11 Å². The largest absolute Gasteiger partial charge is 0.508 e. The van der Waals surface area contributed by atoms with Crippen molar-refractivity contribution < 1.29 is 9.84 Å². The first-order chi connectivity index (χ1) is 10.2. The Bertz CT molecular complexity index is 488. The fourth-order valence-corrected chi connectivity index (χ4v) is 2.64. The topological polar surface area (TPSA) is 65.9 Å². The van der Waals surface area contributed by atoms with Crippen molar-refractivity contribution in [2.45, 2.75) is 44.7 Å². The van der Waals surface area contributed by atoms with Crippen LogP contribution in [0.3, 0.4) is 0 Å². The van der Waals surface area contributed by atoms with Gasteiger partial charge in [-0.05, 0) is 31.0 Å². The quantitative estimate of drug-likeness (QED) is 0.399. The van der Waals surface area contributed by atoms with Crippen molar-refractivity contribution in [1.82, 2.24) is 10.6 Å². The number of hydrogen-bond acceptors (Lipinski definition) is 3. The molecule has 0 unspecified atom stereocenters. The van der Waals surface area contributed by atoms with E-state index in [0.717, 1.165) is 17.3 Å². The van der Waals surface area contributed by atoms with Gasteiger partial charge < -0.3 is 20.5 Å². The standard InChI is InChI=1S/C16H25N3O2.HI/c1-17-16(19-13-6-4-3-5-7-13)18-11-12-10-14(21-2)8-9-15(12)20;/h8-10,13,20H,3-7,11H2,1-2H3,(H2,17,18,19);1H. The molecule has 1 aromatic rings. The Morgan fingerprint density at radius 1 is 1.32 bits per heavy atom. The Balaban J connectivity index is 0.00000242. The molecule has 6 heteroatoms.